The van der Waals surface area contributed by atoms with Gasteiger partial charge < -0.3 is 5.32 Å². The van der Waals surface area contributed by atoms with Crippen LogP contribution in [-0.4, -0.2) is 10.9 Å². The van der Waals surface area contributed by atoms with Crippen molar-refractivity contribution >= 4 is 29.1 Å². The molecule has 0 saturated heterocycles. The Bertz CT molecular complexity index is 602. The smallest absolute Gasteiger partial charge is 0.224 e. The number of hydrogen-bond acceptors (Lipinski definition) is 2. The van der Waals surface area contributed by atoms with Crippen molar-refractivity contribution in [1.29, 1.82) is 0 Å². The number of hydrogen-bond donors (Lipinski definition) is 1. The van der Waals surface area contributed by atoms with E-state index in [4.69, 9.17) is 23.2 Å². The van der Waals surface area contributed by atoms with Gasteiger partial charge in [-0.1, -0.05) is 29.3 Å². The summed E-state index contributed by atoms with van der Waals surface area (Å²) in [7, 11) is 0. The zero-order valence-electron chi connectivity index (χ0n) is 10.9. The Morgan fingerprint density at radius 1 is 1.20 bits per heavy atom. The molecule has 0 aliphatic carbocycles. The second-order valence-electron chi connectivity index (χ2n) is 4.49. The second-order valence-corrected chi connectivity index (χ2v) is 5.31. The molecule has 0 radical (unpaired) electrons. The molecular weight excluding hydrogens is 295 g/mol. The highest BCUT2D eigenvalue weighted by molar-refractivity contribution is 6.42. The molecule has 1 atom stereocenters. The third-order valence-corrected chi connectivity index (χ3v) is 3.67. The molecule has 1 aromatic carbocycles. The van der Waals surface area contributed by atoms with Crippen LogP contribution in [0.2, 0.25) is 10.0 Å². The van der Waals surface area contributed by atoms with E-state index in [0.717, 1.165) is 11.1 Å². The second kappa shape index (κ2) is 6.73. The Morgan fingerprint density at radius 3 is 2.55 bits per heavy atom. The van der Waals surface area contributed by atoms with Crippen LogP contribution < -0.4 is 5.32 Å². The van der Waals surface area contributed by atoms with Crippen LogP contribution in [0.3, 0.4) is 0 Å². The molecule has 1 heterocycles. The SMILES string of the molecule is C[C@H](NC(=O)Cc1ccc(Cl)c(Cl)c1)c1ccncc1. The first-order chi connectivity index (χ1) is 9.56. The Balaban J connectivity index is 1.97. The number of benzene rings is 1. The fraction of sp³-hybridized carbons (Fsp3) is 0.200. The molecule has 2 rings (SSSR count). The Labute approximate surface area is 127 Å². The zero-order chi connectivity index (χ0) is 14.5. The van der Waals surface area contributed by atoms with E-state index >= 15 is 0 Å². The van der Waals surface area contributed by atoms with Gasteiger partial charge in [0.15, 0.2) is 0 Å². The lowest BCUT2D eigenvalue weighted by molar-refractivity contribution is -0.121. The number of amides is 1. The summed E-state index contributed by atoms with van der Waals surface area (Å²) in [6.45, 7) is 1.93. The van der Waals surface area contributed by atoms with Gasteiger partial charge in [-0.2, -0.15) is 0 Å². The van der Waals surface area contributed by atoms with Crippen LogP contribution in [-0.2, 0) is 11.2 Å². The summed E-state index contributed by atoms with van der Waals surface area (Å²) in [6.07, 6.45) is 3.68. The molecule has 1 amide bonds. The lowest BCUT2D eigenvalue weighted by atomic mass is 10.1. The first kappa shape index (κ1) is 14.8. The van der Waals surface area contributed by atoms with Crippen LogP contribution in [0.25, 0.3) is 0 Å². The fourth-order valence-electron chi connectivity index (χ4n) is 1.86. The van der Waals surface area contributed by atoms with Crippen molar-refractivity contribution < 1.29 is 4.79 Å². The lowest BCUT2D eigenvalue weighted by Crippen LogP contribution is -2.28. The molecule has 0 saturated carbocycles. The number of carbonyl (C=O) groups excluding carboxylic acids is 1. The van der Waals surface area contributed by atoms with Crippen molar-refractivity contribution in [1.82, 2.24) is 10.3 Å². The number of aromatic nitrogens is 1. The van der Waals surface area contributed by atoms with Gasteiger partial charge in [-0.3, -0.25) is 9.78 Å². The highest BCUT2D eigenvalue weighted by Crippen LogP contribution is 2.22. The van der Waals surface area contributed by atoms with Crippen molar-refractivity contribution in [2.45, 2.75) is 19.4 Å². The molecule has 3 nitrogen and oxygen atoms in total. The van der Waals surface area contributed by atoms with E-state index in [1.54, 1.807) is 30.6 Å². The molecule has 0 aliphatic heterocycles. The largest absolute Gasteiger partial charge is 0.349 e. The van der Waals surface area contributed by atoms with Gasteiger partial charge in [-0.05, 0) is 42.3 Å². The lowest BCUT2D eigenvalue weighted by Gasteiger charge is -2.14. The summed E-state index contributed by atoms with van der Waals surface area (Å²) < 4.78 is 0. The van der Waals surface area contributed by atoms with E-state index in [2.05, 4.69) is 10.3 Å². The Kier molecular flexibility index (Phi) is 4.99. The summed E-state index contributed by atoms with van der Waals surface area (Å²) >= 11 is 11.8. The number of nitrogens with zero attached hydrogens (tertiary/aromatic N) is 1. The van der Waals surface area contributed by atoms with Gasteiger partial charge in [-0.15, -0.1) is 0 Å². The fourth-order valence-corrected chi connectivity index (χ4v) is 2.18. The van der Waals surface area contributed by atoms with Crippen molar-refractivity contribution in [2.75, 3.05) is 0 Å². The molecule has 5 heteroatoms. The number of pyridine rings is 1. The predicted octanol–water partition coefficient (Wildman–Crippen LogP) is 3.81. The number of carbonyl (C=O) groups is 1. The Hall–Kier alpha value is -1.58. The monoisotopic (exact) mass is 308 g/mol. The average molecular weight is 309 g/mol. The van der Waals surface area contributed by atoms with Crippen LogP contribution in [0.1, 0.15) is 24.1 Å². The summed E-state index contributed by atoms with van der Waals surface area (Å²) in [5.41, 5.74) is 1.85. The van der Waals surface area contributed by atoms with Crippen LogP contribution in [0.4, 0.5) is 0 Å². The van der Waals surface area contributed by atoms with Crippen molar-refractivity contribution in [3.05, 3.63) is 63.9 Å². The molecule has 1 aromatic heterocycles. The van der Waals surface area contributed by atoms with E-state index in [0.29, 0.717) is 10.0 Å². The first-order valence-corrected chi connectivity index (χ1v) is 6.95. The number of nitrogens with one attached hydrogen (secondary N) is 1. The van der Waals surface area contributed by atoms with E-state index in [9.17, 15) is 4.79 Å². The molecular formula is C15H14Cl2N2O. The molecule has 20 heavy (non-hydrogen) atoms. The summed E-state index contributed by atoms with van der Waals surface area (Å²) in [4.78, 5) is 15.9. The number of rotatable bonds is 4. The van der Waals surface area contributed by atoms with E-state index in [1.165, 1.54) is 0 Å². The summed E-state index contributed by atoms with van der Waals surface area (Å²) in [6, 6.07) is 8.90. The van der Waals surface area contributed by atoms with E-state index < -0.39 is 0 Å². The van der Waals surface area contributed by atoms with Crippen LogP contribution in [0.15, 0.2) is 42.7 Å². The van der Waals surface area contributed by atoms with Gasteiger partial charge in [0, 0.05) is 12.4 Å². The maximum absolute atomic E-state index is 12.0. The molecule has 104 valence electrons. The minimum Gasteiger partial charge on any atom is -0.349 e. The van der Waals surface area contributed by atoms with Crippen molar-refractivity contribution in [3.63, 3.8) is 0 Å². The highest BCUT2D eigenvalue weighted by Gasteiger charge is 2.10. The van der Waals surface area contributed by atoms with Gasteiger partial charge in [0.1, 0.15) is 0 Å². The zero-order valence-corrected chi connectivity index (χ0v) is 12.4. The molecule has 0 spiro atoms. The maximum atomic E-state index is 12.0. The van der Waals surface area contributed by atoms with Crippen molar-refractivity contribution in [2.24, 2.45) is 0 Å². The normalized spacial score (nSPS) is 11.9. The van der Waals surface area contributed by atoms with E-state index in [1.807, 2.05) is 19.1 Å². The molecule has 1 N–H and O–H groups in total. The molecule has 2 aromatic rings. The summed E-state index contributed by atoms with van der Waals surface area (Å²) in [5.74, 6) is -0.0623. The predicted molar refractivity (Wildman–Crippen MR) is 81.0 cm³/mol. The molecule has 0 unspecified atom stereocenters. The van der Waals surface area contributed by atoms with Crippen LogP contribution >= 0.6 is 23.2 Å². The van der Waals surface area contributed by atoms with Gasteiger partial charge >= 0.3 is 0 Å². The number of halogens is 2. The van der Waals surface area contributed by atoms with Crippen molar-refractivity contribution in [3.8, 4) is 0 Å². The third kappa shape index (κ3) is 3.95. The van der Waals surface area contributed by atoms with E-state index in [-0.39, 0.29) is 18.4 Å². The molecule has 0 fully saturated rings. The minimum absolute atomic E-state index is 0.0618. The van der Waals surface area contributed by atoms with Crippen LogP contribution in [0.5, 0.6) is 0 Å². The minimum atomic E-state index is -0.0623. The molecule has 0 bridgehead atoms. The van der Waals surface area contributed by atoms with Gasteiger partial charge in [0.25, 0.3) is 0 Å². The maximum Gasteiger partial charge on any atom is 0.224 e. The summed E-state index contributed by atoms with van der Waals surface area (Å²) in [5, 5.41) is 3.88. The first-order valence-electron chi connectivity index (χ1n) is 6.19. The topological polar surface area (TPSA) is 42.0 Å². The highest BCUT2D eigenvalue weighted by atomic mass is 35.5. The van der Waals surface area contributed by atoms with Gasteiger partial charge in [0.2, 0.25) is 5.91 Å². The van der Waals surface area contributed by atoms with Gasteiger partial charge in [0.05, 0.1) is 22.5 Å². The Morgan fingerprint density at radius 2 is 1.90 bits per heavy atom. The molecule has 0 aliphatic rings. The standard InChI is InChI=1S/C15H14Cl2N2O/c1-10(12-4-6-18-7-5-12)19-15(20)9-11-2-3-13(16)14(17)8-11/h2-8,10H,9H2,1H3,(H,19,20)/t10-/m0/s1. The quantitative estimate of drug-likeness (QED) is 0.933. The average Bonchev–Trinajstić information content (AvgIpc) is 2.44. The van der Waals surface area contributed by atoms with Gasteiger partial charge in [-0.25, -0.2) is 0 Å². The third-order valence-electron chi connectivity index (χ3n) is 2.93. The van der Waals surface area contributed by atoms with Crippen LogP contribution in [0, 0.1) is 0 Å².